The summed E-state index contributed by atoms with van der Waals surface area (Å²) in [5.41, 5.74) is -8.17. The average molecular weight is 533 g/mol. The number of ketones is 1. The summed E-state index contributed by atoms with van der Waals surface area (Å²) >= 11 is 0. The number of rotatable bonds is 9. The number of alkyl halides is 2. The Bertz CT molecular complexity index is 2010. The number of nitrogens with zero attached hydrogens (tertiary/aromatic N) is 1. The Kier molecular flexibility index (Phi) is 3.12. The van der Waals surface area contributed by atoms with E-state index in [4.69, 9.17) is 20.6 Å². The second-order valence-corrected chi connectivity index (χ2v) is 8.80. The lowest BCUT2D eigenvalue weighted by Gasteiger charge is -2.26. The first-order chi connectivity index (χ1) is 23.2. The van der Waals surface area contributed by atoms with Gasteiger partial charge in [0.05, 0.1) is 41.0 Å². The summed E-state index contributed by atoms with van der Waals surface area (Å²) in [7, 11) is 0. The minimum atomic E-state index is -4.43. The van der Waals surface area contributed by atoms with Crippen LogP contribution in [0.4, 0.5) is 13.2 Å². The lowest BCUT2D eigenvalue weighted by Crippen LogP contribution is -2.26. The lowest BCUT2D eigenvalue weighted by atomic mass is 9.86. The van der Waals surface area contributed by atoms with Gasteiger partial charge in [-0.3, -0.25) is 4.79 Å². The number of carbonyl (C=O) groups is 1. The van der Waals surface area contributed by atoms with Crippen LogP contribution in [0.25, 0.3) is 10.9 Å². The Morgan fingerprint density at radius 3 is 2.73 bits per heavy atom. The highest BCUT2D eigenvalue weighted by molar-refractivity contribution is 5.95. The molecular formula is C28H30F3NO5. The second-order valence-electron chi connectivity index (χ2n) is 8.80. The molecule has 1 unspecified atom stereocenters. The molecule has 1 aliphatic heterocycles. The van der Waals surface area contributed by atoms with Gasteiger partial charge in [-0.1, -0.05) is 26.7 Å². The predicted octanol–water partition coefficient (Wildman–Crippen LogP) is 4.99. The van der Waals surface area contributed by atoms with E-state index in [9.17, 15) is 23.8 Å². The zero-order valence-corrected chi connectivity index (χ0v) is 19.3. The lowest BCUT2D eigenvalue weighted by molar-refractivity contribution is -0.286. The van der Waals surface area contributed by atoms with Crippen LogP contribution < -0.4 is 9.47 Å². The van der Waals surface area contributed by atoms with Crippen molar-refractivity contribution in [1.82, 2.24) is 4.57 Å². The van der Waals surface area contributed by atoms with Crippen molar-refractivity contribution < 1.29 is 58.2 Å². The highest BCUT2D eigenvalue weighted by atomic mass is 19.3. The molecule has 2 aliphatic rings. The molecule has 0 spiro atoms. The van der Waals surface area contributed by atoms with E-state index < -0.39 is 126 Å². The smallest absolute Gasteiger partial charge is 0.395 e. The maximum Gasteiger partial charge on any atom is 0.586 e. The predicted molar refractivity (Wildman–Crippen MR) is 131 cm³/mol. The number of benzene rings is 2. The normalized spacial score (nSPS) is 30.2. The van der Waals surface area contributed by atoms with Crippen molar-refractivity contribution in [1.29, 1.82) is 0 Å². The monoisotopic (exact) mass is 532 g/mol. The van der Waals surface area contributed by atoms with Gasteiger partial charge in [0.1, 0.15) is 11.6 Å². The van der Waals surface area contributed by atoms with Crippen molar-refractivity contribution >= 4 is 16.7 Å². The van der Waals surface area contributed by atoms with E-state index in [1.807, 2.05) is 0 Å². The van der Waals surface area contributed by atoms with Crippen molar-refractivity contribution in [2.75, 3.05) is 6.56 Å². The van der Waals surface area contributed by atoms with Crippen LogP contribution in [-0.4, -0.2) is 39.5 Å². The highest BCUT2D eigenvalue weighted by Crippen LogP contribution is 2.52. The van der Waals surface area contributed by atoms with E-state index >= 15 is 4.39 Å². The summed E-state index contributed by atoms with van der Waals surface area (Å²) < 4.78 is 176. The quantitative estimate of drug-likeness (QED) is 0.406. The number of ether oxygens (including phenoxy) is 2. The molecule has 0 bridgehead atoms. The van der Waals surface area contributed by atoms with Crippen molar-refractivity contribution in [3.05, 3.63) is 59.0 Å². The third-order valence-corrected chi connectivity index (χ3v) is 6.27. The number of aliphatic hydroxyl groups is 2. The molecule has 6 nitrogen and oxygen atoms in total. The number of carbonyl (C=O) groups excluding carboxylic acids is 1. The molecule has 3 aromatic rings. The third-order valence-electron chi connectivity index (χ3n) is 6.27. The minimum Gasteiger partial charge on any atom is -0.395 e. The van der Waals surface area contributed by atoms with Crippen LogP contribution in [-0.2, 0) is 28.5 Å². The Labute approximate surface area is 233 Å². The summed E-state index contributed by atoms with van der Waals surface area (Å²) in [6.45, 7) is -8.13. The zero-order valence-electron chi connectivity index (χ0n) is 34.3. The van der Waals surface area contributed by atoms with Crippen LogP contribution in [0.1, 0.15) is 77.2 Å². The fourth-order valence-electron chi connectivity index (χ4n) is 3.99. The zero-order chi connectivity index (χ0) is 40.0. The van der Waals surface area contributed by atoms with Gasteiger partial charge in [0, 0.05) is 32.5 Å². The largest absolute Gasteiger partial charge is 0.586 e. The van der Waals surface area contributed by atoms with Crippen LogP contribution in [0.3, 0.4) is 0 Å². The van der Waals surface area contributed by atoms with Crippen LogP contribution in [0.2, 0.25) is 0 Å². The molecule has 1 aromatic heterocycles. The topological polar surface area (TPSA) is 80.9 Å². The molecule has 1 saturated carbocycles. The van der Waals surface area contributed by atoms with Gasteiger partial charge in [-0.2, -0.15) is 0 Å². The van der Waals surface area contributed by atoms with Crippen molar-refractivity contribution in [3.8, 4) is 11.5 Å². The van der Waals surface area contributed by atoms with E-state index in [0.29, 0.717) is 10.6 Å². The van der Waals surface area contributed by atoms with Crippen molar-refractivity contribution in [2.45, 2.75) is 76.0 Å². The van der Waals surface area contributed by atoms with Gasteiger partial charge >= 0.3 is 6.29 Å². The van der Waals surface area contributed by atoms with Gasteiger partial charge in [-0.15, -0.1) is 8.78 Å². The molecule has 9 heteroatoms. The summed E-state index contributed by atoms with van der Waals surface area (Å²) in [5.74, 6) is -5.19. The molecule has 0 amide bonds. The first-order valence-electron chi connectivity index (χ1n) is 18.5. The van der Waals surface area contributed by atoms with E-state index in [1.165, 1.54) is 6.92 Å². The Hall–Kier alpha value is -3.04. The number of halogens is 3. The number of hydrogen-bond donors (Lipinski definition) is 2. The summed E-state index contributed by atoms with van der Waals surface area (Å²) in [6.07, 6.45) is -16.5. The molecule has 2 heterocycles. The van der Waals surface area contributed by atoms with Gasteiger partial charge in [0.15, 0.2) is 11.5 Å². The van der Waals surface area contributed by atoms with E-state index in [0.717, 1.165) is 19.1 Å². The Morgan fingerprint density at radius 2 is 2.08 bits per heavy atom. The maximum atomic E-state index is 16.0. The van der Waals surface area contributed by atoms with Gasteiger partial charge < -0.3 is 24.3 Å². The standard InChI is InChI=1S/C28H30F3NO5/c1-4-26(2,3)24-10-17-9-16(20(29)13-21(17)32(24)14-19(34)15-33)11-25(35)27(7-8-27)18-5-6-22-23(12-18)37-28(30,31)36-22/h5-6,9-10,12-13,19,33-34H,4,7-8,11,14-15H2,1-3H3/t19-/m1/s1/i2D3,5D,6D,7D2,8D2,12D,14D2,15D2,19D/t19-,26?. The highest BCUT2D eigenvalue weighted by Gasteiger charge is 2.52. The maximum absolute atomic E-state index is 16.0. The van der Waals surface area contributed by atoms with Gasteiger partial charge in [0.25, 0.3) is 0 Å². The SMILES string of the molecule is [2H]c1c([2H])c(C2(C(=O)Cc3cc4cc(C(C)(CC)C([2H])([2H])[2H])n(C([2H])([2H])[C@@]([2H])(O)C([2H])([2H])O)c4cc3F)C([2H])([2H])C2([2H])[2H])c([2H])c2c1OC(F)(F)O2. The molecule has 0 radical (unpaired) electrons. The number of fused-ring (bicyclic) bond motifs is 2. The molecule has 37 heavy (non-hydrogen) atoms. The molecular weight excluding hydrogens is 487 g/mol. The number of hydrogen-bond acceptors (Lipinski definition) is 5. The number of Topliss-reactive ketones (excluding diaryl/α,β-unsaturated/α-hetero) is 1. The molecule has 5 rings (SSSR count). The Morgan fingerprint density at radius 1 is 1.35 bits per heavy atom. The average Bonchev–Trinajstić information content (AvgIpc) is 3.33. The third kappa shape index (κ3) is 4.48. The van der Waals surface area contributed by atoms with E-state index in [1.54, 1.807) is 0 Å². The number of aromatic nitrogens is 1. The molecule has 1 aliphatic carbocycles. The fraction of sp³-hybridized carbons (Fsp3) is 0.464. The summed E-state index contributed by atoms with van der Waals surface area (Å²) in [4.78, 5) is 14.1. The molecule has 0 saturated heterocycles. The first kappa shape index (κ1) is 13.2. The van der Waals surface area contributed by atoms with Crippen LogP contribution in [0.15, 0.2) is 36.3 Å². The van der Waals surface area contributed by atoms with Gasteiger partial charge in [-0.05, 0) is 60.6 Å². The van der Waals surface area contributed by atoms with Crippen molar-refractivity contribution in [2.24, 2.45) is 0 Å². The molecule has 198 valence electrons. The van der Waals surface area contributed by atoms with Crippen LogP contribution >= 0.6 is 0 Å². The Balaban J connectivity index is 1.74. The van der Waals surface area contributed by atoms with Gasteiger partial charge in [0.2, 0.25) is 0 Å². The minimum absolute atomic E-state index is 0.275. The second kappa shape index (κ2) is 8.77. The molecule has 1 fully saturated rings. The van der Waals surface area contributed by atoms with Crippen LogP contribution in [0, 0.1) is 5.82 Å². The fourth-order valence-corrected chi connectivity index (χ4v) is 3.99. The van der Waals surface area contributed by atoms with Crippen LogP contribution in [0.5, 0.6) is 11.5 Å². The van der Waals surface area contributed by atoms with E-state index in [2.05, 4.69) is 9.47 Å². The molecule has 2 atom stereocenters. The van der Waals surface area contributed by atoms with Crippen molar-refractivity contribution in [3.63, 3.8) is 0 Å². The summed E-state index contributed by atoms with van der Waals surface area (Å²) in [6, 6.07) is -1.29. The first-order valence-corrected chi connectivity index (χ1v) is 11.0. The molecule has 2 N–H and O–H groups in total. The van der Waals surface area contributed by atoms with E-state index in [-0.39, 0.29) is 11.8 Å². The van der Waals surface area contributed by atoms with Gasteiger partial charge in [-0.25, -0.2) is 4.39 Å². The molecule has 2 aromatic carbocycles. The summed E-state index contributed by atoms with van der Waals surface area (Å²) in [5, 5.41) is 20.3.